The molecule has 3 rings (SSSR count). The summed E-state index contributed by atoms with van der Waals surface area (Å²) in [7, 11) is 0. The molecule has 29 heavy (non-hydrogen) atoms. The minimum absolute atomic E-state index is 0.308. The number of nitrogens with zero attached hydrogens (tertiary/aromatic N) is 1. The smallest absolute Gasteiger partial charge is 0.0410 e. The van der Waals surface area contributed by atoms with E-state index in [1.807, 2.05) is 25.1 Å². The van der Waals surface area contributed by atoms with Gasteiger partial charge in [0.15, 0.2) is 0 Å². The number of allylic oxidation sites excluding steroid dienone is 2. The average molecular weight is 410 g/mol. The van der Waals surface area contributed by atoms with Crippen LogP contribution in [0, 0.1) is 5.92 Å². The molecule has 2 N–H and O–H groups in total. The fraction of sp³-hybridized carbons (Fsp3) is 0.360. The van der Waals surface area contributed by atoms with Gasteiger partial charge in [0.05, 0.1) is 0 Å². The molecule has 2 atom stereocenters. The van der Waals surface area contributed by atoms with Crippen LogP contribution in [0.2, 0.25) is 5.02 Å². The Morgan fingerprint density at radius 2 is 2.00 bits per heavy atom. The van der Waals surface area contributed by atoms with Gasteiger partial charge >= 0.3 is 0 Å². The van der Waals surface area contributed by atoms with Crippen LogP contribution in [-0.4, -0.2) is 19.1 Å². The van der Waals surface area contributed by atoms with Crippen LogP contribution in [0.25, 0.3) is 0 Å². The molecule has 1 aliphatic heterocycles. The van der Waals surface area contributed by atoms with Crippen LogP contribution in [-0.2, 0) is 6.42 Å². The van der Waals surface area contributed by atoms with Crippen molar-refractivity contribution in [2.75, 3.05) is 23.3 Å². The lowest BCUT2D eigenvalue weighted by atomic mass is 9.97. The number of rotatable bonds is 9. The van der Waals surface area contributed by atoms with Crippen molar-refractivity contribution in [1.82, 2.24) is 5.32 Å². The summed E-state index contributed by atoms with van der Waals surface area (Å²) in [5.74, 6) is 0.308. The van der Waals surface area contributed by atoms with Crippen LogP contribution >= 0.6 is 11.6 Å². The highest BCUT2D eigenvalue weighted by molar-refractivity contribution is 6.30. The molecule has 1 saturated heterocycles. The highest BCUT2D eigenvalue weighted by atomic mass is 35.5. The number of hydrogen-bond donors (Lipinski definition) is 2. The van der Waals surface area contributed by atoms with E-state index in [4.69, 9.17) is 11.6 Å². The van der Waals surface area contributed by atoms with Gasteiger partial charge in [-0.2, -0.15) is 0 Å². The van der Waals surface area contributed by atoms with E-state index < -0.39 is 0 Å². The quantitative estimate of drug-likeness (QED) is 0.513. The minimum Gasteiger partial charge on any atom is -0.360 e. The van der Waals surface area contributed by atoms with Crippen molar-refractivity contribution in [2.24, 2.45) is 5.92 Å². The average Bonchev–Trinajstić information content (AvgIpc) is 3.19. The number of hydrogen-bond acceptors (Lipinski definition) is 3. The first-order chi connectivity index (χ1) is 13.9. The van der Waals surface area contributed by atoms with Crippen molar-refractivity contribution in [3.8, 4) is 0 Å². The van der Waals surface area contributed by atoms with Crippen molar-refractivity contribution in [3.63, 3.8) is 0 Å². The highest BCUT2D eigenvalue weighted by Gasteiger charge is 2.22. The van der Waals surface area contributed by atoms with Crippen molar-refractivity contribution < 1.29 is 0 Å². The van der Waals surface area contributed by atoms with E-state index in [1.54, 1.807) is 0 Å². The van der Waals surface area contributed by atoms with Gasteiger partial charge in [-0.05, 0) is 80.6 Å². The summed E-state index contributed by atoms with van der Waals surface area (Å²) < 4.78 is 0. The van der Waals surface area contributed by atoms with E-state index in [9.17, 15) is 0 Å². The van der Waals surface area contributed by atoms with Gasteiger partial charge in [0.25, 0.3) is 0 Å². The zero-order chi connectivity index (χ0) is 20.8. The van der Waals surface area contributed by atoms with Gasteiger partial charge < -0.3 is 15.5 Å². The molecule has 1 fully saturated rings. The summed E-state index contributed by atoms with van der Waals surface area (Å²) in [4.78, 5) is 2.38. The fourth-order valence-electron chi connectivity index (χ4n) is 3.89. The van der Waals surface area contributed by atoms with E-state index >= 15 is 0 Å². The third-order valence-corrected chi connectivity index (χ3v) is 5.68. The van der Waals surface area contributed by atoms with Crippen molar-refractivity contribution in [2.45, 2.75) is 39.2 Å². The Bertz CT molecular complexity index is 837. The van der Waals surface area contributed by atoms with Gasteiger partial charge in [-0.25, -0.2) is 0 Å². The summed E-state index contributed by atoms with van der Waals surface area (Å²) in [6.45, 7) is 14.7. The molecule has 1 heterocycles. The molecule has 0 aliphatic carbocycles. The molecule has 1 aliphatic rings. The molecule has 2 aromatic carbocycles. The molecule has 154 valence electrons. The van der Waals surface area contributed by atoms with Gasteiger partial charge in [0, 0.05) is 40.4 Å². The van der Waals surface area contributed by atoms with Crippen molar-refractivity contribution in [1.29, 1.82) is 0 Å². The molecular weight excluding hydrogens is 378 g/mol. The lowest BCUT2D eigenvalue weighted by Crippen LogP contribution is -2.38. The lowest BCUT2D eigenvalue weighted by molar-refractivity contribution is 0.569. The summed E-state index contributed by atoms with van der Waals surface area (Å²) >= 11 is 6.18. The van der Waals surface area contributed by atoms with Gasteiger partial charge in [0.2, 0.25) is 0 Å². The maximum atomic E-state index is 6.18. The Labute approximate surface area is 180 Å². The Hall–Kier alpha value is -2.23. The van der Waals surface area contributed by atoms with E-state index in [1.165, 1.54) is 24.1 Å². The van der Waals surface area contributed by atoms with E-state index in [2.05, 4.69) is 65.9 Å². The zero-order valence-corrected chi connectivity index (χ0v) is 18.3. The summed E-state index contributed by atoms with van der Waals surface area (Å²) in [6.07, 6.45) is 3.37. The van der Waals surface area contributed by atoms with Crippen LogP contribution < -0.4 is 15.5 Å². The normalized spacial score (nSPS) is 17.0. The van der Waals surface area contributed by atoms with Gasteiger partial charge in [-0.1, -0.05) is 43.8 Å². The molecule has 0 saturated carbocycles. The molecule has 3 nitrogen and oxygen atoms in total. The second-order valence-corrected chi connectivity index (χ2v) is 8.52. The summed E-state index contributed by atoms with van der Waals surface area (Å²) in [6, 6.07) is 17.2. The standard InChI is InChI=1S/C25H32ClN3/c1-18(2)28-23-10-12-25(13-11-23)29(17-24-9-6-14-27-24)20(4)19(3)15-21-7-5-8-22(26)16-21/h5,7-8,10-13,16,19,24,27-28H,1,4,6,9,14-15,17H2,2-3H3/t19?,24-/m1/s1. The molecule has 0 radical (unpaired) electrons. The van der Waals surface area contributed by atoms with Crippen LogP contribution in [0.4, 0.5) is 11.4 Å². The maximum absolute atomic E-state index is 6.18. The first kappa shape index (κ1) is 21.5. The Morgan fingerprint density at radius 1 is 1.24 bits per heavy atom. The van der Waals surface area contributed by atoms with Crippen LogP contribution in [0.5, 0.6) is 0 Å². The van der Waals surface area contributed by atoms with Crippen LogP contribution in [0.3, 0.4) is 0 Å². The predicted octanol–water partition coefficient (Wildman–Crippen LogP) is 6.24. The Morgan fingerprint density at radius 3 is 2.62 bits per heavy atom. The van der Waals surface area contributed by atoms with E-state index in [0.717, 1.165) is 41.6 Å². The predicted molar refractivity (Wildman–Crippen MR) is 127 cm³/mol. The number of benzene rings is 2. The van der Waals surface area contributed by atoms with Crippen LogP contribution in [0.1, 0.15) is 32.3 Å². The van der Waals surface area contributed by atoms with E-state index in [-0.39, 0.29) is 0 Å². The fourth-order valence-corrected chi connectivity index (χ4v) is 4.11. The molecule has 2 aromatic rings. The molecule has 1 unspecified atom stereocenters. The number of anilines is 2. The largest absolute Gasteiger partial charge is 0.360 e. The van der Waals surface area contributed by atoms with Crippen molar-refractivity contribution >= 4 is 23.0 Å². The van der Waals surface area contributed by atoms with E-state index in [0.29, 0.717) is 12.0 Å². The number of halogens is 1. The van der Waals surface area contributed by atoms with Gasteiger partial charge in [-0.3, -0.25) is 0 Å². The molecule has 0 bridgehead atoms. The van der Waals surface area contributed by atoms with Crippen LogP contribution in [0.15, 0.2) is 73.1 Å². The topological polar surface area (TPSA) is 27.3 Å². The third-order valence-electron chi connectivity index (χ3n) is 5.45. The van der Waals surface area contributed by atoms with Crippen molar-refractivity contribution in [3.05, 3.63) is 83.7 Å². The minimum atomic E-state index is 0.308. The Balaban J connectivity index is 1.78. The monoisotopic (exact) mass is 409 g/mol. The molecular formula is C25H32ClN3. The second kappa shape index (κ2) is 10.00. The maximum Gasteiger partial charge on any atom is 0.0410 e. The third kappa shape index (κ3) is 6.12. The first-order valence-corrected chi connectivity index (χ1v) is 10.8. The summed E-state index contributed by atoms with van der Waals surface area (Å²) in [5.41, 5.74) is 5.54. The second-order valence-electron chi connectivity index (χ2n) is 8.08. The SMILES string of the molecule is C=C(C)Nc1ccc(N(C[C@H]2CCCN2)C(=C)C(C)Cc2cccc(Cl)c2)cc1. The van der Waals surface area contributed by atoms with Gasteiger partial charge in [0.1, 0.15) is 0 Å². The molecule has 0 amide bonds. The lowest BCUT2D eigenvalue weighted by Gasteiger charge is -2.33. The number of nitrogens with one attached hydrogen (secondary N) is 2. The Kier molecular flexibility index (Phi) is 7.40. The highest BCUT2D eigenvalue weighted by Crippen LogP contribution is 2.28. The van der Waals surface area contributed by atoms with Gasteiger partial charge in [-0.15, -0.1) is 0 Å². The molecule has 0 aromatic heterocycles. The first-order valence-electron chi connectivity index (χ1n) is 10.4. The molecule has 0 spiro atoms. The zero-order valence-electron chi connectivity index (χ0n) is 17.5. The summed E-state index contributed by atoms with van der Waals surface area (Å²) in [5, 5.41) is 7.68. The molecule has 4 heteroatoms.